The van der Waals surface area contributed by atoms with Gasteiger partial charge in [0.1, 0.15) is 6.54 Å². The molecule has 0 unspecified atom stereocenters. The standard InChI is InChI=1S/C25H19ClN2O3/c1-16-7-10-19(11-8-16)27-23(29)15-28-14-21(24(30)17-5-3-2-4-6-17)25(31)20-13-18(26)9-12-22(20)28/h2-14H,15H2,1H3,(H,27,29). The third kappa shape index (κ3) is 4.42. The number of aromatic nitrogens is 1. The number of nitrogens with zero attached hydrogens (tertiary/aromatic N) is 1. The van der Waals surface area contributed by atoms with Crippen LogP contribution in [0, 0.1) is 6.92 Å². The van der Waals surface area contributed by atoms with Gasteiger partial charge in [0.25, 0.3) is 0 Å². The van der Waals surface area contributed by atoms with E-state index in [0.29, 0.717) is 21.8 Å². The molecule has 0 radical (unpaired) electrons. The Bertz CT molecular complexity index is 1340. The van der Waals surface area contributed by atoms with Crippen LogP contribution in [0.25, 0.3) is 10.9 Å². The van der Waals surface area contributed by atoms with E-state index >= 15 is 0 Å². The zero-order valence-electron chi connectivity index (χ0n) is 16.8. The number of rotatable bonds is 5. The van der Waals surface area contributed by atoms with Crippen LogP contribution >= 0.6 is 11.6 Å². The lowest BCUT2D eigenvalue weighted by molar-refractivity contribution is -0.116. The van der Waals surface area contributed by atoms with Crippen LogP contribution in [0.3, 0.4) is 0 Å². The van der Waals surface area contributed by atoms with Gasteiger partial charge in [-0.05, 0) is 37.3 Å². The minimum atomic E-state index is -0.415. The second-order valence-corrected chi connectivity index (χ2v) is 7.71. The molecule has 0 aliphatic rings. The van der Waals surface area contributed by atoms with Gasteiger partial charge in [0.05, 0.1) is 11.1 Å². The van der Waals surface area contributed by atoms with Gasteiger partial charge in [-0.15, -0.1) is 0 Å². The highest BCUT2D eigenvalue weighted by molar-refractivity contribution is 6.31. The molecule has 1 amide bonds. The molecule has 31 heavy (non-hydrogen) atoms. The zero-order valence-corrected chi connectivity index (χ0v) is 17.5. The molecule has 1 aromatic heterocycles. The molecule has 0 atom stereocenters. The van der Waals surface area contributed by atoms with E-state index in [-0.39, 0.29) is 23.4 Å². The molecule has 0 aliphatic carbocycles. The van der Waals surface area contributed by atoms with E-state index in [4.69, 9.17) is 11.6 Å². The average molecular weight is 431 g/mol. The van der Waals surface area contributed by atoms with Gasteiger partial charge in [0.15, 0.2) is 5.78 Å². The second-order valence-electron chi connectivity index (χ2n) is 7.27. The molecule has 0 saturated heterocycles. The molecule has 3 aromatic carbocycles. The number of amides is 1. The van der Waals surface area contributed by atoms with Crippen molar-refractivity contribution in [3.63, 3.8) is 0 Å². The Morgan fingerprint density at radius 1 is 0.968 bits per heavy atom. The minimum absolute atomic E-state index is 0.0101. The topological polar surface area (TPSA) is 68.2 Å². The van der Waals surface area contributed by atoms with Gasteiger partial charge in [0, 0.05) is 27.9 Å². The lowest BCUT2D eigenvalue weighted by atomic mass is 10.0. The number of benzene rings is 3. The van der Waals surface area contributed by atoms with E-state index in [1.165, 1.54) is 12.3 Å². The summed E-state index contributed by atoms with van der Waals surface area (Å²) in [5.74, 6) is -0.679. The van der Waals surface area contributed by atoms with Crippen LogP contribution in [-0.4, -0.2) is 16.3 Å². The summed E-state index contributed by atoms with van der Waals surface area (Å²) in [4.78, 5) is 38.8. The number of nitrogens with one attached hydrogen (secondary N) is 1. The predicted octanol–water partition coefficient (Wildman–Crippen LogP) is 4.83. The molecule has 0 bridgehead atoms. The third-order valence-electron chi connectivity index (χ3n) is 4.97. The highest BCUT2D eigenvalue weighted by Crippen LogP contribution is 2.19. The van der Waals surface area contributed by atoms with Crippen LogP contribution in [0.15, 0.2) is 83.8 Å². The van der Waals surface area contributed by atoms with Gasteiger partial charge in [0.2, 0.25) is 11.3 Å². The number of carbonyl (C=O) groups is 2. The number of hydrogen-bond acceptors (Lipinski definition) is 3. The number of aryl methyl sites for hydroxylation is 1. The molecule has 0 fully saturated rings. The van der Waals surface area contributed by atoms with E-state index in [1.54, 1.807) is 47.0 Å². The fourth-order valence-electron chi connectivity index (χ4n) is 3.40. The maximum atomic E-state index is 13.1. The van der Waals surface area contributed by atoms with Gasteiger partial charge in [-0.1, -0.05) is 59.6 Å². The number of ketones is 1. The Labute approximate surface area is 183 Å². The highest BCUT2D eigenvalue weighted by atomic mass is 35.5. The van der Waals surface area contributed by atoms with Gasteiger partial charge in [-0.25, -0.2) is 0 Å². The van der Waals surface area contributed by atoms with E-state index in [0.717, 1.165) is 5.56 Å². The van der Waals surface area contributed by atoms with Crippen molar-refractivity contribution in [3.8, 4) is 0 Å². The summed E-state index contributed by atoms with van der Waals surface area (Å²) in [6, 6.07) is 20.9. The molecule has 154 valence electrons. The summed E-state index contributed by atoms with van der Waals surface area (Å²) in [5, 5.41) is 3.51. The molecule has 0 spiro atoms. The van der Waals surface area contributed by atoms with Crippen LogP contribution in [0.1, 0.15) is 21.5 Å². The summed E-state index contributed by atoms with van der Waals surface area (Å²) >= 11 is 6.11. The summed E-state index contributed by atoms with van der Waals surface area (Å²) in [6.07, 6.45) is 1.45. The van der Waals surface area contributed by atoms with E-state index in [9.17, 15) is 14.4 Å². The average Bonchev–Trinajstić information content (AvgIpc) is 2.77. The minimum Gasteiger partial charge on any atom is -0.337 e. The van der Waals surface area contributed by atoms with Crippen LogP contribution in [0.2, 0.25) is 5.02 Å². The van der Waals surface area contributed by atoms with Crippen molar-refractivity contribution in [2.75, 3.05) is 5.32 Å². The third-order valence-corrected chi connectivity index (χ3v) is 5.21. The highest BCUT2D eigenvalue weighted by Gasteiger charge is 2.18. The number of pyridine rings is 1. The number of hydrogen-bond donors (Lipinski definition) is 1. The Morgan fingerprint density at radius 2 is 1.68 bits per heavy atom. The van der Waals surface area contributed by atoms with Crippen molar-refractivity contribution in [2.45, 2.75) is 13.5 Å². The van der Waals surface area contributed by atoms with Crippen molar-refractivity contribution >= 4 is 39.9 Å². The van der Waals surface area contributed by atoms with Crippen molar-refractivity contribution in [3.05, 3.63) is 111 Å². The molecule has 4 rings (SSSR count). The Morgan fingerprint density at radius 3 is 2.39 bits per heavy atom. The van der Waals surface area contributed by atoms with Gasteiger partial charge < -0.3 is 9.88 Å². The maximum Gasteiger partial charge on any atom is 0.244 e. The predicted molar refractivity (Wildman–Crippen MR) is 123 cm³/mol. The molecule has 4 aromatic rings. The quantitative estimate of drug-likeness (QED) is 0.461. The van der Waals surface area contributed by atoms with Crippen LogP contribution in [0.5, 0.6) is 0 Å². The van der Waals surface area contributed by atoms with Gasteiger partial charge in [-0.3, -0.25) is 14.4 Å². The first kappa shape index (κ1) is 20.6. The fraction of sp³-hybridized carbons (Fsp3) is 0.0800. The smallest absolute Gasteiger partial charge is 0.244 e. The van der Waals surface area contributed by atoms with Gasteiger partial charge >= 0.3 is 0 Å². The lowest BCUT2D eigenvalue weighted by Crippen LogP contribution is -2.24. The maximum absolute atomic E-state index is 13.1. The molecule has 1 heterocycles. The largest absolute Gasteiger partial charge is 0.337 e. The molecule has 0 aliphatic heterocycles. The van der Waals surface area contributed by atoms with Crippen molar-refractivity contribution in [2.24, 2.45) is 0 Å². The summed E-state index contributed by atoms with van der Waals surface area (Å²) in [6.45, 7) is 1.90. The SMILES string of the molecule is Cc1ccc(NC(=O)Cn2cc(C(=O)c3ccccc3)c(=O)c3cc(Cl)ccc32)cc1. The Balaban J connectivity index is 1.76. The van der Waals surface area contributed by atoms with E-state index < -0.39 is 11.2 Å². The van der Waals surface area contributed by atoms with Gasteiger partial charge in [-0.2, -0.15) is 0 Å². The monoisotopic (exact) mass is 430 g/mol. The normalized spacial score (nSPS) is 10.8. The van der Waals surface area contributed by atoms with Crippen LogP contribution < -0.4 is 10.7 Å². The summed E-state index contributed by atoms with van der Waals surface area (Å²) in [7, 11) is 0. The van der Waals surface area contributed by atoms with E-state index in [1.807, 2.05) is 31.2 Å². The molecule has 0 saturated carbocycles. The number of anilines is 1. The van der Waals surface area contributed by atoms with Crippen LogP contribution in [0.4, 0.5) is 5.69 Å². The van der Waals surface area contributed by atoms with Crippen LogP contribution in [-0.2, 0) is 11.3 Å². The molecule has 5 nitrogen and oxygen atoms in total. The number of fused-ring (bicyclic) bond motifs is 1. The Hall–Kier alpha value is -3.70. The zero-order chi connectivity index (χ0) is 22.0. The fourth-order valence-corrected chi connectivity index (χ4v) is 3.57. The molecule has 6 heteroatoms. The first-order chi connectivity index (χ1) is 14.9. The number of halogens is 1. The van der Waals surface area contributed by atoms with Crippen molar-refractivity contribution < 1.29 is 9.59 Å². The molecule has 1 N–H and O–H groups in total. The number of carbonyl (C=O) groups excluding carboxylic acids is 2. The first-order valence-electron chi connectivity index (χ1n) is 9.71. The Kier molecular flexibility index (Phi) is 5.69. The molecular formula is C25H19ClN2O3. The van der Waals surface area contributed by atoms with Crippen molar-refractivity contribution in [1.82, 2.24) is 4.57 Å². The summed E-state index contributed by atoms with van der Waals surface area (Å²) < 4.78 is 1.60. The second kappa shape index (κ2) is 8.58. The van der Waals surface area contributed by atoms with Crippen molar-refractivity contribution in [1.29, 1.82) is 0 Å². The molecular weight excluding hydrogens is 412 g/mol. The summed E-state index contributed by atoms with van der Waals surface area (Å²) in [5.41, 5.74) is 2.26. The first-order valence-corrected chi connectivity index (χ1v) is 10.1. The lowest BCUT2D eigenvalue weighted by Gasteiger charge is -2.14. The van der Waals surface area contributed by atoms with E-state index in [2.05, 4.69) is 5.32 Å².